The standard InChI is InChI=1S/C19H21ClN2O2/c1-12(2)11-21-18(23)14-8-9-16(20)17(10-14)22-19(24)15-7-5-4-6-13(15)3/h4-10,12H,11H2,1-3H3,(H,21,23)(H,22,24). The lowest BCUT2D eigenvalue weighted by Gasteiger charge is -2.12. The molecule has 126 valence electrons. The van der Waals surface area contributed by atoms with Gasteiger partial charge in [0.15, 0.2) is 0 Å². The Morgan fingerprint density at radius 1 is 1.08 bits per heavy atom. The molecule has 2 rings (SSSR count). The molecule has 24 heavy (non-hydrogen) atoms. The lowest BCUT2D eigenvalue weighted by molar-refractivity contribution is 0.0947. The van der Waals surface area contributed by atoms with Crippen LogP contribution in [-0.2, 0) is 0 Å². The van der Waals surface area contributed by atoms with Gasteiger partial charge in [0.2, 0.25) is 0 Å². The lowest BCUT2D eigenvalue weighted by Crippen LogP contribution is -2.27. The number of rotatable bonds is 5. The zero-order chi connectivity index (χ0) is 17.7. The average Bonchev–Trinajstić information content (AvgIpc) is 2.54. The molecule has 0 radical (unpaired) electrons. The molecule has 0 unspecified atom stereocenters. The highest BCUT2D eigenvalue weighted by Gasteiger charge is 2.13. The van der Waals surface area contributed by atoms with Crippen molar-refractivity contribution >= 4 is 29.1 Å². The van der Waals surface area contributed by atoms with Crippen LogP contribution in [0.3, 0.4) is 0 Å². The van der Waals surface area contributed by atoms with Crippen LogP contribution in [0.15, 0.2) is 42.5 Å². The van der Waals surface area contributed by atoms with Gasteiger partial charge in [-0.1, -0.05) is 43.6 Å². The molecule has 0 aliphatic carbocycles. The topological polar surface area (TPSA) is 58.2 Å². The molecule has 0 saturated carbocycles. The highest BCUT2D eigenvalue weighted by molar-refractivity contribution is 6.34. The van der Waals surface area contributed by atoms with Crippen LogP contribution in [0.2, 0.25) is 5.02 Å². The zero-order valence-electron chi connectivity index (χ0n) is 14.0. The van der Waals surface area contributed by atoms with Crippen LogP contribution in [0.25, 0.3) is 0 Å². The fraction of sp³-hybridized carbons (Fsp3) is 0.263. The molecule has 0 saturated heterocycles. The van der Waals surface area contributed by atoms with E-state index in [1.807, 2.05) is 32.9 Å². The molecular formula is C19H21ClN2O2. The van der Waals surface area contributed by atoms with E-state index in [0.29, 0.717) is 34.3 Å². The molecule has 0 fully saturated rings. The summed E-state index contributed by atoms with van der Waals surface area (Å²) in [5.74, 6) is -0.0806. The Morgan fingerprint density at radius 3 is 2.46 bits per heavy atom. The first-order chi connectivity index (χ1) is 11.4. The minimum absolute atomic E-state index is 0.188. The summed E-state index contributed by atoms with van der Waals surface area (Å²) in [7, 11) is 0. The number of halogens is 1. The van der Waals surface area contributed by atoms with Gasteiger partial charge in [-0.05, 0) is 42.7 Å². The number of carbonyl (C=O) groups excluding carboxylic acids is 2. The van der Waals surface area contributed by atoms with Crippen molar-refractivity contribution in [2.75, 3.05) is 11.9 Å². The number of benzene rings is 2. The Kier molecular flexibility index (Phi) is 5.99. The molecule has 2 N–H and O–H groups in total. The second-order valence-corrected chi connectivity index (χ2v) is 6.47. The number of amides is 2. The SMILES string of the molecule is Cc1ccccc1C(=O)Nc1cc(C(=O)NCC(C)C)ccc1Cl. The first-order valence-electron chi connectivity index (χ1n) is 7.83. The van der Waals surface area contributed by atoms with E-state index in [2.05, 4.69) is 10.6 Å². The summed E-state index contributed by atoms with van der Waals surface area (Å²) in [4.78, 5) is 24.6. The predicted octanol–water partition coefficient (Wildman–Crippen LogP) is 4.29. The number of anilines is 1. The first-order valence-corrected chi connectivity index (χ1v) is 8.21. The van der Waals surface area contributed by atoms with Gasteiger partial charge in [-0.25, -0.2) is 0 Å². The van der Waals surface area contributed by atoms with Gasteiger partial charge >= 0.3 is 0 Å². The van der Waals surface area contributed by atoms with Gasteiger partial charge in [-0.15, -0.1) is 0 Å². The Bertz CT molecular complexity index is 757. The summed E-state index contributed by atoms with van der Waals surface area (Å²) >= 11 is 6.15. The molecule has 2 amide bonds. The van der Waals surface area contributed by atoms with Crippen molar-refractivity contribution in [2.24, 2.45) is 5.92 Å². The third-order valence-corrected chi connectivity index (χ3v) is 3.87. The molecule has 5 heteroatoms. The Labute approximate surface area is 147 Å². The number of nitrogens with one attached hydrogen (secondary N) is 2. The van der Waals surface area contributed by atoms with Crippen LogP contribution < -0.4 is 10.6 Å². The van der Waals surface area contributed by atoms with Gasteiger partial charge in [0.05, 0.1) is 10.7 Å². The van der Waals surface area contributed by atoms with Crippen LogP contribution in [0.4, 0.5) is 5.69 Å². The third-order valence-electron chi connectivity index (χ3n) is 3.54. The number of hydrogen-bond acceptors (Lipinski definition) is 2. The summed E-state index contributed by atoms with van der Waals surface area (Å²) in [6.07, 6.45) is 0. The second kappa shape index (κ2) is 7.97. The smallest absolute Gasteiger partial charge is 0.255 e. The summed E-state index contributed by atoms with van der Waals surface area (Å²) in [5, 5.41) is 6.01. The predicted molar refractivity (Wildman–Crippen MR) is 97.8 cm³/mol. The van der Waals surface area contributed by atoms with E-state index in [4.69, 9.17) is 11.6 Å². The maximum Gasteiger partial charge on any atom is 0.255 e. The molecule has 0 heterocycles. The highest BCUT2D eigenvalue weighted by Crippen LogP contribution is 2.24. The number of aryl methyl sites for hydroxylation is 1. The molecule has 4 nitrogen and oxygen atoms in total. The monoisotopic (exact) mass is 344 g/mol. The van der Waals surface area contributed by atoms with Gasteiger partial charge in [-0.2, -0.15) is 0 Å². The summed E-state index contributed by atoms with van der Waals surface area (Å²) in [5.41, 5.74) is 2.32. The van der Waals surface area contributed by atoms with Crippen LogP contribution in [0, 0.1) is 12.8 Å². The maximum atomic E-state index is 12.4. The van der Waals surface area contributed by atoms with Crippen LogP contribution in [-0.4, -0.2) is 18.4 Å². The fourth-order valence-electron chi connectivity index (χ4n) is 2.18. The van der Waals surface area contributed by atoms with E-state index in [-0.39, 0.29) is 11.8 Å². The molecule has 0 aliphatic heterocycles. The van der Waals surface area contributed by atoms with E-state index >= 15 is 0 Å². The van der Waals surface area contributed by atoms with E-state index in [1.54, 1.807) is 30.3 Å². The summed E-state index contributed by atoms with van der Waals surface area (Å²) in [6, 6.07) is 12.1. The van der Waals surface area contributed by atoms with E-state index < -0.39 is 0 Å². The number of carbonyl (C=O) groups is 2. The van der Waals surface area contributed by atoms with Gasteiger partial charge in [0.25, 0.3) is 11.8 Å². The molecule has 0 bridgehead atoms. The Balaban J connectivity index is 2.18. The van der Waals surface area contributed by atoms with Crippen molar-refractivity contribution in [3.8, 4) is 0 Å². The Morgan fingerprint density at radius 2 is 1.79 bits per heavy atom. The van der Waals surface area contributed by atoms with Crippen molar-refractivity contribution in [3.05, 3.63) is 64.2 Å². The van der Waals surface area contributed by atoms with Crippen LogP contribution >= 0.6 is 11.6 Å². The molecule has 0 aromatic heterocycles. The summed E-state index contributed by atoms with van der Waals surface area (Å²) < 4.78 is 0. The fourth-order valence-corrected chi connectivity index (χ4v) is 2.34. The van der Waals surface area contributed by atoms with Crippen molar-refractivity contribution in [3.63, 3.8) is 0 Å². The van der Waals surface area contributed by atoms with Crippen molar-refractivity contribution in [1.82, 2.24) is 5.32 Å². The van der Waals surface area contributed by atoms with Gasteiger partial charge in [0, 0.05) is 17.7 Å². The van der Waals surface area contributed by atoms with Crippen LogP contribution in [0.5, 0.6) is 0 Å². The van der Waals surface area contributed by atoms with Gasteiger partial charge in [0.1, 0.15) is 0 Å². The maximum absolute atomic E-state index is 12.4. The molecule has 0 aliphatic rings. The zero-order valence-corrected chi connectivity index (χ0v) is 14.8. The van der Waals surface area contributed by atoms with Gasteiger partial charge in [-0.3, -0.25) is 9.59 Å². The minimum atomic E-state index is -0.255. The quantitative estimate of drug-likeness (QED) is 0.850. The minimum Gasteiger partial charge on any atom is -0.352 e. The molecular weight excluding hydrogens is 324 g/mol. The molecule has 2 aromatic rings. The third kappa shape index (κ3) is 4.59. The van der Waals surface area contributed by atoms with Crippen molar-refractivity contribution < 1.29 is 9.59 Å². The largest absolute Gasteiger partial charge is 0.352 e. The lowest BCUT2D eigenvalue weighted by atomic mass is 10.1. The highest BCUT2D eigenvalue weighted by atomic mass is 35.5. The molecule has 2 aromatic carbocycles. The normalized spacial score (nSPS) is 10.5. The number of hydrogen-bond donors (Lipinski definition) is 2. The second-order valence-electron chi connectivity index (χ2n) is 6.07. The van der Waals surface area contributed by atoms with E-state index in [0.717, 1.165) is 5.56 Å². The van der Waals surface area contributed by atoms with Crippen LogP contribution in [0.1, 0.15) is 40.1 Å². The van der Waals surface area contributed by atoms with Crippen molar-refractivity contribution in [1.29, 1.82) is 0 Å². The van der Waals surface area contributed by atoms with E-state index in [1.165, 1.54) is 0 Å². The molecule has 0 spiro atoms. The molecule has 0 atom stereocenters. The van der Waals surface area contributed by atoms with E-state index in [9.17, 15) is 9.59 Å². The Hall–Kier alpha value is -2.33. The van der Waals surface area contributed by atoms with Gasteiger partial charge < -0.3 is 10.6 Å². The first kappa shape index (κ1) is 18.0. The summed E-state index contributed by atoms with van der Waals surface area (Å²) in [6.45, 7) is 6.50. The van der Waals surface area contributed by atoms with Crippen molar-refractivity contribution in [2.45, 2.75) is 20.8 Å². The average molecular weight is 345 g/mol.